The molecule has 7 heavy (non-hydrogen) atoms. The second kappa shape index (κ2) is 5.84. The number of nitrogens with one attached hydrogen (secondary N) is 2. The van der Waals surface area contributed by atoms with Crippen molar-refractivity contribution in [3.63, 3.8) is 0 Å². The Balaban J connectivity index is 2.45. The molecule has 0 aliphatic rings. The van der Waals surface area contributed by atoms with Crippen molar-refractivity contribution in [1.29, 1.82) is 0 Å². The fourth-order valence-corrected chi connectivity index (χ4v) is 0.247. The first-order valence-corrected chi connectivity index (χ1v) is 2.15. The van der Waals surface area contributed by atoms with Gasteiger partial charge in [0.2, 0.25) is 0 Å². The fourth-order valence-electron chi connectivity index (χ4n) is 0.247. The van der Waals surface area contributed by atoms with Crippen LogP contribution in [0.4, 0.5) is 0 Å². The smallest absolute Gasteiger partial charge is 0.0220 e. The lowest BCUT2D eigenvalue weighted by Gasteiger charge is -1.93. The largest absolute Gasteiger partial charge is 0.317 e. The molecule has 0 unspecified atom stereocenters. The average Bonchev–Trinajstić information content (AvgIpc) is 1.69. The topological polar surface area (TPSA) is 64.5 Å². The lowest BCUT2D eigenvalue weighted by Crippen LogP contribution is -2.16. The third-order valence-corrected chi connectivity index (χ3v) is 0.577. The van der Waals surface area contributed by atoms with Gasteiger partial charge in [0.05, 0.1) is 0 Å². The Morgan fingerprint density at radius 1 is 1.00 bits per heavy atom. The molecule has 0 amide bonds. The van der Waals surface area contributed by atoms with Crippen LogP contribution in [0.2, 0.25) is 0 Å². The lowest BCUT2D eigenvalue weighted by atomic mass is 10.4. The Kier molecular flexibility index (Phi) is 5.71. The minimum Gasteiger partial charge on any atom is -0.317 e. The van der Waals surface area contributed by atoms with Crippen LogP contribution in [-0.4, -0.2) is 23.5 Å². The molecular formula is C3H10N2O2. The minimum absolute atomic E-state index is 0.508. The van der Waals surface area contributed by atoms with Crippen LogP contribution in [0, 0.1) is 0 Å². The summed E-state index contributed by atoms with van der Waals surface area (Å²) in [5.41, 5.74) is 3.90. The Bertz CT molecular complexity index is 30.1. The maximum atomic E-state index is 7.93. The zero-order chi connectivity index (χ0) is 5.54. The van der Waals surface area contributed by atoms with Crippen LogP contribution in [0.3, 0.4) is 0 Å². The summed E-state index contributed by atoms with van der Waals surface area (Å²) in [7, 11) is 0. The van der Waals surface area contributed by atoms with Crippen LogP contribution in [0.5, 0.6) is 0 Å². The minimum atomic E-state index is 0.508. The van der Waals surface area contributed by atoms with Gasteiger partial charge in [-0.3, -0.25) is 0 Å². The van der Waals surface area contributed by atoms with E-state index < -0.39 is 0 Å². The highest BCUT2D eigenvalue weighted by molar-refractivity contribution is 4.36. The van der Waals surface area contributed by atoms with E-state index in [1.165, 1.54) is 0 Å². The van der Waals surface area contributed by atoms with Gasteiger partial charge < -0.3 is 10.4 Å². The number of hydroxylamine groups is 2. The number of hydrogen-bond donors (Lipinski definition) is 4. The molecule has 0 radical (unpaired) electrons. The van der Waals surface area contributed by atoms with E-state index in [0.717, 1.165) is 0 Å². The maximum Gasteiger partial charge on any atom is 0.0220 e. The third-order valence-electron chi connectivity index (χ3n) is 0.577. The average molecular weight is 106 g/mol. The predicted molar refractivity (Wildman–Crippen MR) is 24.2 cm³/mol. The van der Waals surface area contributed by atoms with Crippen molar-refractivity contribution in [2.45, 2.75) is 6.42 Å². The Morgan fingerprint density at radius 2 is 1.43 bits per heavy atom. The van der Waals surface area contributed by atoms with E-state index in [4.69, 9.17) is 10.4 Å². The van der Waals surface area contributed by atoms with Gasteiger partial charge in [-0.1, -0.05) is 0 Å². The van der Waals surface area contributed by atoms with Gasteiger partial charge in [-0.05, 0) is 6.42 Å². The summed E-state index contributed by atoms with van der Waals surface area (Å²) < 4.78 is 0. The predicted octanol–water partition coefficient (Wildman–Crippen LogP) is -0.666. The Morgan fingerprint density at radius 3 is 1.71 bits per heavy atom. The quantitative estimate of drug-likeness (QED) is 0.283. The van der Waals surface area contributed by atoms with Crippen molar-refractivity contribution in [1.82, 2.24) is 11.0 Å². The van der Waals surface area contributed by atoms with Crippen LogP contribution in [0.15, 0.2) is 0 Å². The van der Waals surface area contributed by atoms with Crippen molar-refractivity contribution in [2.24, 2.45) is 0 Å². The van der Waals surface area contributed by atoms with Gasteiger partial charge >= 0.3 is 0 Å². The van der Waals surface area contributed by atoms with Crippen LogP contribution in [-0.2, 0) is 0 Å². The summed E-state index contributed by atoms with van der Waals surface area (Å²) in [4.78, 5) is 0. The second-order valence-corrected chi connectivity index (χ2v) is 1.17. The van der Waals surface area contributed by atoms with Crippen LogP contribution in [0.1, 0.15) is 6.42 Å². The standard InChI is InChI=1S/C3H10N2O2/c6-4-2-1-3-5-7/h4-7H,1-3H2. The van der Waals surface area contributed by atoms with E-state index in [2.05, 4.69) is 0 Å². The van der Waals surface area contributed by atoms with E-state index >= 15 is 0 Å². The highest BCUT2D eigenvalue weighted by atomic mass is 16.5. The molecule has 0 aromatic carbocycles. The van der Waals surface area contributed by atoms with Crippen LogP contribution in [0.25, 0.3) is 0 Å². The molecule has 0 saturated heterocycles. The summed E-state index contributed by atoms with van der Waals surface area (Å²) in [5.74, 6) is 0. The summed E-state index contributed by atoms with van der Waals surface area (Å²) in [6.07, 6.45) is 0.715. The number of hydrogen-bond acceptors (Lipinski definition) is 4. The summed E-state index contributed by atoms with van der Waals surface area (Å²) in [5, 5.41) is 15.9. The van der Waals surface area contributed by atoms with Crippen molar-refractivity contribution in [3.8, 4) is 0 Å². The van der Waals surface area contributed by atoms with E-state index in [1.807, 2.05) is 11.0 Å². The molecule has 0 aromatic rings. The first kappa shape index (κ1) is 6.84. The van der Waals surface area contributed by atoms with E-state index in [9.17, 15) is 0 Å². The summed E-state index contributed by atoms with van der Waals surface area (Å²) >= 11 is 0. The van der Waals surface area contributed by atoms with Crippen LogP contribution < -0.4 is 11.0 Å². The SMILES string of the molecule is ONCCCNO. The summed E-state index contributed by atoms with van der Waals surface area (Å²) in [6.45, 7) is 1.02. The molecular weight excluding hydrogens is 96.0 g/mol. The molecule has 4 N–H and O–H groups in total. The molecule has 0 aliphatic heterocycles. The van der Waals surface area contributed by atoms with Gasteiger partial charge in [-0.25, -0.2) is 11.0 Å². The highest BCUT2D eigenvalue weighted by Crippen LogP contribution is 1.66. The van der Waals surface area contributed by atoms with E-state index in [-0.39, 0.29) is 0 Å². The molecule has 0 aliphatic carbocycles. The molecule has 4 heteroatoms. The van der Waals surface area contributed by atoms with Gasteiger partial charge in [0.15, 0.2) is 0 Å². The molecule has 0 atom stereocenters. The van der Waals surface area contributed by atoms with Crippen LogP contribution >= 0.6 is 0 Å². The Hall–Kier alpha value is -0.160. The zero-order valence-electron chi connectivity index (χ0n) is 4.02. The molecule has 4 nitrogen and oxygen atoms in total. The first-order chi connectivity index (χ1) is 3.41. The van der Waals surface area contributed by atoms with Crippen molar-refractivity contribution >= 4 is 0 Å². The molecule has 0 spiro atoms. The molecule has 0 heterocycles. The Labute approximate surface area is 42.1 Å². The zero-order valence-corrected chi connectivity index (χ0v) is 4.02. The fraction of sp³-hybridized carbons (Fsp3) is 1.00. The van der Waals surface area contributed by atoms with Gasteiger partial charge in [0, 0.05) is 13.1 Å². The third kappa shape index (κ3) is 5.84. The van der Waals surface area contributed by atoms with Crippen molar-refractivity contribution in [3.05, 3.63) is 0 Å². The van der Waals surface area contributed by atoms with Gasteiger partial charge in [0.25, 0.3) is 0 Å². The van der Waals surface area contributed by atoms with Gasteiger partial charge in [-0.15, -0.1) is 0 Å². The molecule has 0 rings (SSSR count). The molecule has 0 fully saturated rings. The van der Waals surface area contributed by atoms with Gasteiger partial charge in [0.1, 0.15) is 0 Å². The highest BCUT2D eigenvalue weighted by Gasteiger charge is 1.79. The van der Waals surface area contributed by atoms with E-state index in [1.54, 1.807) is 0 Å². The van der Waals surface area contributed by atoms with E-state index in [0.29, 0.717) is 19.5 Å². The summed E-state index contributed by atoms with van der Waals surface area (Å²) in [6, 6.07) is 0. The number of rotatable bonds is 4. The van der Waals surface area contributed by atoms with Gasteiger partial charge in [-0.2, -0.15) is 0 Å². The maximum absolute atomic E-state index is 7.93. The lowest BCUT2D eigenvalue weighted by molar-refractivity contribution is 0.142. The molecule has 44 valence electrons. The monoisotopic (exact) mass is 106 g/mol. The first-order valence-electron chi connectivity index (χ1n) is 2.15. The normalized spacial score (nSPS) is 9.43. The second-order valence-electron chi connectivity index (χ2n) is 1.17. The van der Waals surface area contributed by atoms with Crippen molar-refractivity contribution < 1.29 is 10.4 Å². The molecule has 0 saturated carbocycles. The molecule has 0 aromatic heterocycles. The van der Waals surface area contributed by atoms with Crippen molar-refractivity contribution in [2.75, 3.05) is 13.1 Å². The molecule has 0 bridgehead atoms.